The number of ether oxygens (including phenoxy) is 1. The molecule has 0 bridgehead atoms. The lowest BCUT2D eigenvalue weighted by Gasteiger charge is -2.02. The van der Waals surface area contributed by atoms with Crippen LogP contribution in [0.25, 0.3) is 11.4 Å². The summed E-state index contributed by atoms with van der Waals surface area (Å²) in [7, 11) is 0. The van der Waals surface area contributed by atoms with Crippen LogP contribution in [0.15, 0.2) is 64.0 Å². The summed E-state index contributed by atoms with van der Waals surface area (Å²) < 4.78 is 10.2. The van der Waals surface area contributed by atoms with E-state index in [1.54, 1.807) is 12.1 Å². The van der Waals surface area contributed by atoms with Crippen molar-refractivity contribution >= 4 is 29.3 Å². The van der Waals surface area contributed by atoms with E-state index in [0.717, 1.165) is 4.90 Å². The standard InChI is InChI=1S/C17H13ClN2O3S/c18-14-9-5-4-8-13(14)17-19-15(23-20-17)10-22-16(21)11-24-12-6-2-1-3-7-12/h1-9H,10-11H2. The van der Waals surface area contributed by atoms with Crippen molar-refractivity contribution in [3.63, 3.8) is 0 Å². The zero-order valence-corrected chi connectivity index (χ0v) is 14.1. The molecule has 1 heterocycles. The molecule has 0 aliphatic heterocycles. The maximum Gasteiger partial charge on any atom is 0.316 e. The van der Waals surface area contributed by atoms with Gasteiger partial charge in [-0.1, -0.05) is 47.1 Å². The summed E-state index contributed by atoms with van der Waals surface area (Å²) in [5, 5.41) is 4.38. The normalized spacial score (nSPS) is 10.5. The average molecular weight is 361 g/mol. The highest BCUT2D eigenvalue weighted by Gasteiger charge is 2.13. The van der Waals surface area contributed by atoms with E-state index in [0.29, 0.717) is 16.4 Å². The Labute approximate surface area is 148 Å². The van der Waals surface area contributed by atoms with E-state index in [4.69, 9.17) is 20.9 Å². The minimum atomic E-state index is -0.346. The number of thioether (sulfide) groups is 1. The molecule has 0 saturated carbocycles. The van der Waals surface area contributed by atoms with Crippen molar-refractivity contribution in [3.05, 3.63) is 65.5 Å². The number of rotatable bonds is 6. The first kappa shape index (κ1) is 16.5. The van der Waals surface area contributed by atoms with E-state index in [-0.39, 0.29) is 24.2 Å². The molecule has 0 aliphatic carbocycles. The number of carbonyl (C=O) groups is 1. The largest absolute Gasteiger partial charge is 0.455 e. The van der Waals surface area contributed by atoms with Crippen molar-refractivity contribution in [2.75, 3.05) is 5.75 Å². The zero-order chi connectivity index (χ0) is 16.8. The number of nitrogens with zero attached hydrogens (tertiary/aromatic N) is 2. The van der Waals surface area contributed by atoms with Crippen LogP contribution in [0.2, 0.25) is 5.02 Å². The molecule has 1 aromatic heterocycles. The Morgan fingerprint density at radius 1 is 1.12 bits per heavy atom. The zero-order valence-electron chi connectivity index (χ0n) is 12.5. The predicted molar refractivity (Wildman–Crippen MR) is 91.7 cm³/mol. The average Bonchev–Trinajstić information content (AvgIpc) is 3.08. The van der Waals surface area contributed by atoms with Crippen molar-refractivity contribution in [2.24, 2.45) is 0 Å². The van der Waals surface area contributed by atoms with E-state index < -0.39 is 0 Å². The first-order chi connectivity index (χ1) is 11.7. The van der Waals surface area contributed by atoms with Crippen LogP contribution >= 0.6 is 23.4 Å². The molecule has 0 fully saturated rings. The second kappa shape index (κ2) is 7.99. The van der Waals surface area contributed by atoms with Crippen molar-refractivity contribution in [1.29, 1.82) is 0 Å². The molecule has 0 atom stereocenters. The molecule has 3 rings (SSSR count). The highest BCUT2D eigenvalue weighted by atomic mass is 35.5. The topological polar surface area (TPSA) is 65.2 Å². The third kappa shape index (κ3) is 4.37. The SMILES string of the molecule is O=C(CSc1ccccc1)OCc1nc(-c2ccccc2Cl)no1. The second-order valence-corrected chi connectivity index (χ2v) is 6.21. The number of halogens is 1. The number of benzene rings is 2. The molecule has 5 nitrogen and oxygen atoms in total. The monoisotopic (exact) mass is 360 g/mol. The van der Waals surface area contributed by atoms with Gasteiger partial charge in [0.2, 0.25) is 5.82 Å². The summed E-state index contributed by atoms with van der Waals surface area (Å²) in [4.78, 5) is 17.0. The second-order valence-electron chi connectivity index (χ2n) is 4.75. The van der Waals surface area contributed by atoms with Crippen LogP contribution in [0, 0.1) is 0 Å². The van der Waals surface area contributed by atoms with Gasteiger partial charge in [0.25, 0.3) is 5.89 Å². The fraction of sp³-hybridized carbons (Fsp3) is 0.118. The molecule has 0 amide bonds. The maximum atomic E-state index is 11.8. The van der Waals surface area contributed by atoms with Gasteiger partial charge in [0, 0.05) is 10.5 Å². The summed E-state index contributed by atoms with van der Waals surface area (Å²) in [6.45, 7) is -0.0639. The Morgan fingerprint density at radius 2 is 1.88 bits per heavy atom. The molecule has 3 aromatic rings. The van der Waals surface area contributed by atoms with Crippen LogP contribution < -0.4 is 0 Å². The lowest BCUT2D eigenvalue weighted by atomic mass is 10.2. The molecule has 0 spiro atoms. The number of esters is 1. The minimum absolute atomic E-state index is 0.0639. The summed E-state index contributed by atoms with van der Waals surface area (Å²) in [6.07, 6.45) is 0. The first-order valence-electron chi connectivity index (χ1n) is 7.13. The van der Waals surface area contributed by atoms with Gasteiger partial charge in [-0.2, -0.15) is 4.98 Å². The van der Waals surface area contributed by atoms with E-state index in [1.165, 1.54) is 11.8 Å². The van der Waals surface area contributed by atoms with Gasteiger partial charge in [0.15, 0.2) is 6.61 Å². The fourth-order valence-corrected chi connectivity index (χ4v) is 2.85. The van der Waals surface area contributed by atoms with Gasteiger partial charge in [-0.3, -0.25) is 4.79 Å². The maximum absolute atomic E-state index is 11.8. The molecule has 0 radical (unpaired) electrons. The molecule has 0 unspecified atom stereocenters. The highest BCUT2D eigenvalue weighted by molar-refractivity contribution is 8.00. The lowest BCUT2D eigenvalue weighted by Crippen LogP contribution is -2.07. The predicted octanol–water partition coefficient (Wildman–Crippen LogP) is 4.23. The van der Waals surface area contributed by atoms with Gasteiger partial charge < -0.3 is 9.26 Å². The van der Waals surface area contributed by atoms with Crippen LogP contribution in [0.5, 0.6) is 0 Å². The molecule has 24 heavy (non-hydrogen) atoms. The first-order valence-corrected chi connectivity index (χ1v) is 8.49. The van der Waals surface area contributed by atoms with E-state index >= 15 is 0 Å². The van der Waals surface area contributed by atoms with Crippen molar-refractivity contribution < 1.29 is 14.1 Å². The Bertz CT molecular complexity index is 823. The Hall–Kier alpha value is -2.31. The molecule has 122 valence electrons. The van der Waals surface area contributed by atoms with E-state index in [1.807, 2.05) is 42.5 Å². The quantitative estimate of drug-likeness (QED) is 0.484. The molecule has 7 heteroatoms. The van der Waals surface area contributed by atoms with E-state index in [2.05, 4.69) is 10.1 Å². The summed E-state index contributed by atoms with van der Waals surface area (Å²) in [6, 6.07) is 16.8. The lowest BCUT2D eigenvalue weighted by molar-refractivity contribution is -0.142. The third-order valence-electron chi connectivity index (χ3n) is 3.04. The summed E-state index contributed by atoms with van der Waals surface area (Å²) >= 11 is 7.49. The summed E-state index contributed by atoms with van der Waals surface area (Å²) in [5.41, 5.74) is 0.667. The van der Waals surface area contributed by atoms with E-state index in [9.17, 15) is 4.79 Å². The Morgan fingerprint density at radius 3 is 2.67 bits per heavy atom. The summed E-state index contributed by atoms with van der Waals surface area (Å²) in [5.74, 6) is 0.463. The number of hydrogen-bond acceptors (Lipinski definition) is 6. The molecule has 0 N–H and O–H groups in total. The van der Waals surface area contributed by atoms with Crippen LogP contribution in [-0.2, 0) is 16.1 Å². The smallest absolute Gasteiger partial charge is 0.316 e. The molecular weight excluding hydrogens is 348 g/mol. The van der Waals surface area contributed by atoms with Crippen molar-refractivity contribution in [2.45, 2.75) is 11.5 Å². The van der Waals surface area contributed by atoms with Crippen molar-refractivity contribution in [1.82, 2.24) is 10.1 Å². The van der Waals surface area contributed by atoms with Gasteiger partial charge in [0.05, 0.1) is 10.8 Å². The minimum Gasteiger partial charge on any atom is -0.455 e. The Kier molecular flexibility index (Phi) is 5.51. The van der Waals surface area contributed by atoms with Crippen LogP contribution in [0.1, 0.15) is 5.89 Å². The van der Waals surface area contributed by atoms with Gasteiger partial charge >= 0.3 is 5.97 Å². The number of hydrogen-bond donors (Lipinski definition) is 0. The number of carbonyl (C=O) groups excluding carboxylic acids is 1. The molecular formula is C17H13ClN2O3S. The molecule has 2 aromatic carbocycles. The van der Waals surface area contributed by atoms with Gasteiger partial charge in [-0.05, 0) is 24.3 Å². The van der Waals surface area contributed by atoms with Crippen LogP contribution in [0.3, 0.4) is 0 Å². The van der Waals surface area contributed by atoms with Crippen LogP contribution in [0.4, 0.5) is 0 Å². The van der Waals surface area contributed by atoms with Crippen LogP contribution in [-0.4, -0.2) is 21.9 Å². The Balaban J connectivity index is 1.52. The van der Waals surface area contributed by atoms with Gasteiger partial charge in [0.1, 0.15) is 0 Å². The number of aromatic nitrogens is 2. The third-order valence-corrected chi connectivity index (χ3v) is 4.35. The van der Waals surface area contributed by atoms with Gasteiger partial charge in [-0.25, -0.2) is 0 Å². The van der Waals surface area contributed by atoms with Crippen molar-refractivity contribution in [3.8, 4) is 11.4 Å². The fourth-order valence-electron chi connectivity index (χ4n) is 1.91. The van der Waals surface area contributed by atoms with Gasteiger partial charge in [-0.15, -0.1) is 11.8 Å². The molecule has 0 aliphatic rings. The molecule has 0 saturated heterocycles. The highest BCUT2D eigenvalue weighted by Crippen LogP contribution is 2.25.